The first-order valence-electron chi connectivity index (χ1n) is 9.61. The minimum absolute atomic E-state index is 0.248. The van der Waals surface area contributed by atoms with Gasteiger partial charge in [-0.15, -0.1) is 0 Å². The first-order valence-corrected chi connectivity index (χ1v) is 9.61. The average Bonchev–Trinajstić information content (AvgIpc) is 3.08. The van der Waals surface area contributed by atoms with Crippen LogP contribution < -0.4 is 10.1 Å². The fourth-order valence-electron chi connectivity index (χ4n) is 3.25. The minimum Gasteiger partial charge on any atom is -0.488 e. The van der Waals surface area contributed by atoms with Gasteiger partial charge in [0.1, 0.15) is 23.9 Å². The zero-order chi connectivity index (χ0) is 21.1. The molecule has 152 valence electrons. The van der Waals surface area contributed by atoms with Crippen LogP contribution in [0, 0.1) is 19.7 Å². The van der Waals surface area contributed by atoms with E-state index in [4.69, 9.17) is 9.26 Å². The van der Waals surface area contributed by atoms with Crippen molar-refractivity contribution in [2.75, 3.05) is 0 Å². The normalized spacial score (nSPS) is 10.9. The van der Waals surface area contributed by atoms with Crippen LogP contribution in [0.25, 0.3) is 10.8 Å². The van der Waals surface area contributed by atoms with Crippen molar-refractivity contribution in [2.24, 2.45) is 0 Å². The van der Waals surface area contributed by atoms with E-state index in [1.165, 1.54) is 12.1 Å². The maximum absolute atomic E-state index is 13.1. The highest BCUT2D eigenvalue weighted by Gasteiger charge is 2.16. The van der Waals surface area contributed by atoms with E-state index in [9.17, 15) is 9.18 Å². The summed E-state index contributed by atoms with van der Waals surface area (Å²) in [6.07, 6.45) is 0. The zero-order valence-corrected chi connectivity index (χ0v) is 16.7. The number of amides is 1. The van der Waals surface area contributed by atoms with Gasteiger partial charge in [0, 0.05) is 6.54 Å². The molecule has 6 heteroatoms. The summed E-state index contributed by atoms with van der Waals surface area (Å²) < 4.78 is 24.3. The number of fused-ring (bicyclic) bond motifs is 1. The third-order valence-electron chi connectivity index (χ3n) is 5.01. The zero-order valence-electron chi connectivity index (χ0n) is 16.7. The predicted molar refractivity (Wildman–Crippen MR) is 112 cm³/mol. The number of nitrogens with zero attached hydrogens (tertiary/aromatic N) is 1. The Bertz CT molecular complexity index is 1180. The van der Waals surface area contributed by atoms with E-state index in [0.29, 0.717) is 17.1 Å². The molecule has 0 radical (unpaired) electrons. The molecular weight excluding hydrogens is 383 g/mol. The molecular formula is C24H21FN2O3. The molecule has 1 N–H and O–H groups in total. The van der Waals surface area contributed by atoms with Crippen molar-refractivity contribution in [1.82, 2.24) is 10.5 Å². The van der Waals surface area contributed by atoms with E-state index in [1.54, 1.807) is 12.1 Å². The van der Waals surface area contributed by atoms with E-state index in [-0.39, 0.29) is 24.9 Å². The van der Waals surface area contributed by atoms with E-state index >= 15 is 0 Å². The lowest BCUT2D eigenvalue weighted by Gasteiger charge is -2.13. The standard InChI is InChI=1S/C24H21FN2O3/c1-15-22(16(2)30-27-15)14-29-23-12-19-6-4-3-5-18(19)11-21(23)24(28)26-13-17-7-9-20(25)10-8-17/h3-12H,13-14H2,1-2H3,(H,26,28). The van der Waals surface area contributed by atoms with Gasteiger partial charge < -0.3 is 14.6 Å². The number of nitrogens with one attached hydrogen (secondary N) is 1. The topological polar surface area (TPSA) is 64.4 Å². The molecule has 5 nitrogen and oxygen atoms in total. The van der Waals surface area contributed by atoms with E-state index in [2.05, 4.69) is 10.5 Å². The van der Waals surface area contributed by atoms with Crippen LogP contribution in [0.4, 0.5) is 4.39 Å². The molecule has 0 saturated carbocycles. The molecule has 30 heavy (non-hydrogen) atoms. The van der Waals surface area contributed by atoms with Gasteiger partial charge in [-0.1, -0.05) is 41.6 Å². The minimum atomic E-state index is -0.311. The molecule has 0 aliphatic carbocycles. The molecule has 0 spiro atoms. The van der Waals surface area contributed by atoms with Crippen LogP contribution >= 0.6 is 0 Å². The molecule has 1 amide bonds. The molecule has 3 aromatic carbocycles. The van der Waals surface area contributed by atoms with Gasteiger partial charge in [-0.25, -0.2) is 4.39 Å². The molecule has 0 unspecified atom stereocenters. The molecule has 0 aliphatic rings. The highest BCUT2D eigenvalue weighted by molar-refractivity contribution is 6.01. The number of benzene rings is 3. The quantitative estimate of drug-likeness (QED) is 0.486. The van der Waals surface area contributed by atoms with Crippen LogP contribution in [-0.4, -0.2) is 11.1 Å². The first-order chi connectivity index (χ1) is 14.5. The lowest BCUT2D eigenvalue weighted by molar-refractivity contribution is 0.0946. The number of ether oxygens (including phenoxy) is 1. The monoisotopic (exact) mass is 404 g/mol. The maximum Gasteiger partial charge on any atom is 0.255 e. The van der Waals surface area contributed by atoms with Crippen molar-refractivity contribution in [1.29, 1.82) is 0 Å². The summed E-state index contributed by atoms with van der Waals surface area (Å²) in [6, 6.07) is 17.5. The Balaban J connectivity index is 1.60. The molecule has 0 aliphatic heterocycles. The Morgan fingerprint density at radius 3 is 2.43 bits per heavy atom. The number of carbonyl (C=O) groups is 1. The number of aromatic nitrogens is 1. The number of hydrogen-bond donors (Lipinski definition) is 1. The molecule has 0 saturated heterocycles. The van der Waals surface area contributed by atoms with Crippen LogP contribution in [0.15, 0.2) is 65.2 Å². The van der Waals surface area contributed by atoms with Crippen LogP contribution in [0.1, 0.15) is 32.9 Å². The third-order valence-corrected chi connectivity index (χ3v) is 5.01. The number of hydrogen-bond acceptors (Lipinski definition) is 4. The summed E-state index contributed by atoms with van der Waals surface area (Å²) in [6.45, 7) is 4.22. The number of carbonyl (C=O) groups excluding carboxylic acids is 1. The predicted octanol–water partition coefficient (Wildman–Crippen LogP) is 5.09. The third kappa shape index (κ3) is 4.17. The van der Waals surface area contributed by atoms with Gasteiger partial charge in [-0.05, 0) is 54.4 Å². The lowest BCUT2D eigenvalue weighted by atomic mass is 10.0. The van der Waals surface area contributed by atoms with Crippen LogP contribution in [0.2, 0.25) is 0 Å². The van der Waals surface area contributed by atoms with E-state index < -0.39 is 0 Å². The van der Waals surface area contributed by atoms with Crippen molar-refractivity contribution in [2.45, 2.75) is 27.0 Å². The van der Waals surface area contributed by atoms with Gasteiger partial charge in [0.05, 0.1) is 16.8 Å². The Hall–Kier alpha value is -3.67. The van der Waals surface area contributed by atoms with Gasteiger partial charge in [0.25, 0.3) is 5.91 Å². The van der Waals surface area contributed by atoms with Crippen LogP contribution in [-0.2, 0) is 13.2 Å². The fraction of sp³-hybridized carbons (Fsp3) is 0.167. The first kappa shape index (κ1) is 19.6. The Morgan fingerprint density at radius 1 is 1.07 bits per heavy atom. The number of halogens is 1. The highest BCUT2D eigenvalue weighted by Crippen LogP contribution is 2.28. The van der Waals surface area contributed by atoms with Crippen LogP contribution in [0.3, 0.4) is 0 Å². The largest absolute Gasteiger partial charge is 0.488 e. The number of aryl methyl sites for hydroxylation is 2. The second-order valence-corrected chi connectivity index (χ2v) is 7.10. The molecule has 0 fully saturated rings. The molecule has 0 atom stereocenters. The molecule has 1 heterocycles. The van der Waals surface area contributed by atoms with Gasteiger partial charge in [0.2, 0.25) is 0 Å². The molecule has 4 rings (SSSR count). The summed E-state index contributed by atoms with van der Waals surface area (Å²) in [5.41, 5.74) is 2.86. The average molecular weight is 404 g/mol. The Kier molecular flexibility index (Phi) is 5.48. The van der Waals surface area contributed by atoms with E-state index in [0.717, 1.165) is 27.6 Å². The van der Waals surface area contributed by atoms with Gasteiger partial charge in [0.15, 0.2) is 0 Å². The van der Waals surface area contributed by atoms with Crippen molar-refractivity contribution in [3.05, 3.63) is 94.6 Å². The summed E-state index contributed by atoms with van der Waals surface area (Å²) >= 11 is 0. The second kappa shape index (κ2) is 8.37. The molecule has 1 aromatic heterocycles. The Labute approximate surface area is 173 Å². The second-order valence-electron chi connectivity index (χ2n) is 7.10. The maximum atomic E-state index is 13.1. The smallest absolute Gasteiger partial charge is 0.255 e. The van der Waals surface area contributed by atoms with Crippen LogP contribution in [0.5, 0.6) is 5.75 Å². The SMILES string of the molecule is Cc1noc(C)c1COc1cc2ccccc2cc1C(=O)NCc1ccc(F)cc1. The Morgan fingerprint density at radius 2 is 1.77 bits per heavy atom. The summed E-state index contributed by atoms with van der Waals surface area (Å²) in [5, 5.41) is 8.74. The number of rotatable bonds is 6. The van der Waals surface area contributed by atoms with Crippen molar-refractivity contribution >= 4 is 16.7 Å². The summed E-state index contributed by atoms with van der Waals surface area (Å²) in [5.74, 6) is 0.592. The molecule has 0 bridgehead atoms. The van der Waals surface area contributed by atoms with Gasteiger partial charge in [-0.3, -0.25) is 4.79 Å². The summed E-state index contributed by atoms with van der Waals surface area (Å²) in [7, 11) is 0. The van der Waals surface area contributed by atoms with Crippen molar-refractivity contribution in [3.8, 4) is 5.75 Å². The fourth-order valence-corrected chi connectivity index (χ4v) is 3.25. The lowest BCUT2D eigenvalue weighted by Crippen LogP contribution is -2.23. The van der Waals surface area contributed by atoms with E-state index in [1.807, 2.05) is 50.2 Å². The molecule has 4 aromatic rings. The summed E-state index contributed by atoms with van der Waals surface area (Å²) in [4.78, 5) is 12.9. The van der Waals surface area contributed by atoms with Gasteiger partial charge in [-0.2, -0.15) is 0 Å². The van der Waals surface area contributed by atoms with Crippen molar-refractivity contribution < 1.29 is 18.4 Å². The van der Waals surface area contributed by atoms with Gasteiger partial charge >= 0.3 is 0 Å². The van der Waals surface area contributed by atoms with Crippen molar-refractivity contribution in [3.63, 3.8) is 0 Å². The highest BCUT2D eigenvalue weighted by atomic mass is 19.1.